The number of nitrogens with one attached hydrogen (secondary N) is 3. The lowest BCUT2D eigenvalue weighted by Gasteiger charge is -2.19. The first-order valence-corrected chi connectivity index (χ1v) is 9.34. The summed E-state index contributed by atoms with van der Waals surface area (Å²) in [6, 6.07) is 25.5. The fourth-order valence-electron chi connectivity index (χ4n) is 3.15. The first kappa shape index (κ1) is 18.4. The number of benzene rings is 3. The van der Waals surface area contributed by atoms with Crippen molar-refractivity contribution in [2.75, 3.05) is 5.32 Å². The van der Waals surface area contributed by atoms with Crippen molar-refractivity contribution >= 4 is 28.8 Å². The highest BCUT2D eigenvalue weighted by atomic mass is 16.2. The lowest BCUT2D eigenvalue weighted by atomic mass is 10.0. The van der Waals surface area contributed by atoms with Crippen molar-refractivity contribution in [3.05, 3.63) is 96.1 Å². The summed E-state index contributed by atoms with van der Waals surface area (Å²) in [5.41, 5.74) is 3.03. The molecule has 1 heterocycles. The molecule has 1 atom stereocenters. The van der Waals surface area contributed by atoms with Gasteiger partial charge in [0.2, 0.25) is 11.9 Å². The number of carbonyl (C=O) groups excluding carboxylic acids is 2. The SMILES string of the molecule is O=C(C[C@@H](NC(=O)c1ccccc1)c1ccccc1)Nc1nc2ccccc2[nH]1. The Morgan fingerprint density at radius 3 is 2.24 bits per heavy atom. The number of fused-ring (bicyclic) bond motifs is 1. The predicted molar refractivity (Wildman–Crippen MR) is 112 cm³/mol. The van der Waals surface area contributed by atoms with Crippen LogP contribution in [-0.2, 0) is 4.79 Å². The van der Waals surface area contributed by atoms with E-state index in [-0.39, 0.29) is 18.2 Å². The smallest absolute Gasteiger partial charge is 0.251 e. The Kier molecular flexibility index (Phi) is 5.33. The maximum absolute atomic E-state index is 12.7. The van der Waals surface area contributed by atoms with Crippen molar-refractivity contribution in [1.82, 2.24) is 15.3 Å². The molecule has 0 spiro atoms. The molecule has 0 aliphatic heterocycles. The van der Waals surface area contributed by atoms with Gasteiger partial charge in [0.1, 0.15) is 0 Å². The van der Waals surface area contributed by atoms with Gasteiger partial charge in [-0.15, -0.1) is 0 Å². The number of nitrogens with zero attached hydrogens (tertiary/aromatic N) is 1. The second kappa shape index (κ2) is 8.39. The van der Waals surface area contributed by atoms with Gasteiger partial charge in [-0.25, -0.2) is 4.98 Å². The van der Waals surface area contributed by atoms with Gasteiger partial charge in [0.05, 0.1) is 23.5 Å². The number of amides is 2. The monoisotopic (exact) mass is 384 g/mol. The molecule has 0 unspecified atom stereocenters. The van der Waals surface area contributed by atoms with Crippen LogP contribution in [-0.4, -0.2) is 21.8 Å². The molecule has 4 rings (SSSR count). The molecule has 0 saturated heterocycles. The van der Waals surface area contributed by atoms with Gasteiger partial charge in [-0.3, -0.25) is 14.9 Å². The maximum atomic E-state index is 12.7. The van der Waals surface area contributed by atoms with Crippen LogP contribution in [0.25, 0.3) is 11.0 Å². The quantitative estimate of drug-likeness (QED) is 0.468. The van der Waals surface area contributed by atoms with Gasteiger partial charge in [0.25, 0.3) is 5.91 Å². The summed E-state index contributed by atoms with van der Waals surface area (Å²) in [4.78, 5) is 32.7. The number of hydrogen-bond acceptors (Lipinski definition) is 3. The highest BCUT2D eigenvalue weighted by molar-refractivity contribution is 5.95. The number of aromatic amines is 1. The van der Waals surface area contributed by atoms with Crippen LogP contribution in [0.15, 0.2) is 84.9 Å². The molecule has 0 saturated carbocycles. The lowest BCUT2D eigenvalue weighted by Crippen LogP contribution is -2.31. The van der Waals surface area contributed by atoms with Crippen LogP contribution >= 0.6 is 0 Å². The second-order valence-electron chi connectivity index (χ2n) is 6.66. The third-order valence-corrected chi connectivity index (χ3v) is 4.58. The average Bonchev–Trinajstić information content (AvgIpc) is 3.16. The van der Waals surface area contributed by atoms with E-state index in [1.807, 2.05) is 60.7 Å². The molecule has 144 valence electrons. The van der Waals surface area contributed by atoms with Crippen LogP contribution in [0.3, 0.4) is 0 Å². The fraction of sp³-hybridized carbons (Fsp3) is 0.0870. The van der Waals surface area contributed by atoms with Crippen molar-refractivity contribution in [2.45, 2.75) is 12.5 Å². The zero-order valence-electron chi connectivity index (χ0n) is 15.6. The summed E-state index contributed by atoms with van der Waals surface area (Å²) in [5.74, 6) is -0.0836. The number of carbonyl (C=O) groups is 2. The molecule has 0 radical (unpaired) electrons. The zero-order valence-corrected chi connectivity index (χ0v) is 15.6. The molecule has 0 aliphatic rings. The van der Waals surface area contributed by atoms with Crippen LogP contribution in [0, 0.1) is 0 Å². The van der Waals surface area contributed by atoms with Crippen LogP contribution in [0.2, 0.25) is 0 Å². The number of aromatic nitrogens is 2. The van der Waals surface area contributed by atoms with Crippen LogP contribution in [0.5, 0.6) is 0 Å². The molecule has 6 nitrogen and oxygen atoms in total. The summed E-state index contributed by atoms with van der Waals surface area (Å²) in [5, 5.41) is 5.75. The van der Waals surface area contributed by atoms with Crippen LogP contribution < -0.4 is 10.6 Å². The standard InChI is InChI=1S/C23H20N4O2/c28-21(27-23-25-18-13-7-8-14-19(18)26-23)15-20(16-9-3-1-4-10-16)24-22(29)17-11-5-2-6-12-17/h1-14,20H,15H2,(H,24,29)(H2,25,26,27,28)/t20-/m1/s1. The van der Waals surface area contributed by atoms with Gasteiger partial charge in [-0.2, -0.15) is 0 Å². The Morgan fingerprint density at radius 2 is 1.52 bits per heavy atom. The van der Waals surface area contributed by atoms with Crippen LogP contribution in [0.4, 0.5) is 5.95 Å². The molecular formula is C23H20N4O2. The number of rotatable bonds is 6. The molecule has 3 N–H and O–H groups in total. The van der Waals surface area contributed by atoms with E-state index in [2.05, 4.69) is 20.6 Å². The van der Waals surface area contributed by atoms with E-state index in [1.54, 1.807) is 24.3 Å². The maximum Gasteiger partial charge on any atom is 0.251 e. The first-order valence-electron chi connectivity index (χ1n) is 9.34. The number of hydrogen-bond donors (Lipinski definition) is 3. The molecule has 29 heavy (non-hydrogen) atoms. The Labute approximate surface area is 168 Å². The minimum Gasteiger partial charge on any atom is -0.345 e. The summed E-state index contributed by atoms with van der Waals surface area (Å²) >= 11 is 0. The normalized spacial score (nSPS) is 11.7. The number of para-hydroxylation sites is 2. The Hall–Kier alpha value is -3.93. The van der Waals surface area contributed by atoms with Crippen LogP contribution in [0.1, 0.15) is 28.4 Å². The topological polar surface area (TPSA) is 86.9 Å². The van der Waals surface area contributed by atoms with E-state index in [4.69, 9.17) is 0 Å². The Morgan fingerprint density at radius 1 is 0.862 bits per heavy atom. The van der Waals surface area contributed by atoms with E-state index in [1.165, 1.54) is 0 Å². The molecular weight excluding hydrogens is 364 g/mol. The lowest BCUT2D eigenvalue weighted by molar-refractivity contribution is -0.116. The summed E-state index contributed by atoms with van der Waals surface area (Å²) in [6.07, 6.45) is 0.0830. The van der Waals surface area contributed by atoms with E-state index >= 15 is 0 Å². The highest BCUT2D eigenvalue weighted by Crippen LogP contribution is 2.19. The van der Waals surface area contributed by atoms with Gasteiger partial charge in [-0.1, -0.05) is 60.7 Å². The largest absolute Gasteiger partial charge is 0.345 e. The highest BCUT2D eigenvalue weighted by Gasteiger charge is 2.20. The third-order valence-electron chi connectivity index (χ3n) is 4.58. The van der Waals surface area contributed by atoms with Crippen molar-refractivity contribution in [2.24, 2.45) is 0 Å². The second-order valence-corrected chi connectivity index (χ2v) is 6.66. The predicted octanol–water partition coefficient (Wildman–Crippen LogP) is 4.06. The van der Waals surface area contributed by atoms with Gasteiger partial charge in [-0.05, 0) is 29.8 Å². The summed E-state index contributed by atoms with van der Waals surface area (Å²) in [7, 11) is 0. The van der Waals surface area contributed by atoms with E-state index in [9.17, 15) is 9.59 Å². The minimum atomic E-state index is -0.465. The van der Waals surface area contributed by atoms with Gasteiger partial charge >= 0.3 is 0 Å². The van der Waals surface area contributed by atoms with Crippen molar-refractivity contribution < 1.29 is 9.59 Å². The minimum absolute atomic E-state index is 0.0830. The van der Waals surface area contributed by atoms with E-state index < -0.39 is 6.04 Å². The van der Waals surface area contributed by atoms with Crippen molar-refractivity contribution in [3.63, 3.8) is 0 Å². The fourth-order valence-corrected chi connectivity index (χ4v) is 3.15. The van der Waals surface area contributed by atoms with Crippen molar-refractivity contribution in [1.29, 1.82) is 0 Å². The Balaban J connectivity index is 1.50. The number of H-pyrrole nitrogens is 1. The van der Waals surface area contributed by atoms with Crippen molar-refractivity contribution in [3.8, 4) is 0 Å². The molecule has 3 aromatic carbocycles. The average molecular weight is 384 g/mol. The van der Waals surface area contributed by atoms with E-state index in [0.29, 0.717) is 11.5 Å². The number of imidazole rings is 1. The van der Waals surface area contributed by atoms with Gasteiger partial charge in [0, 0.05) is 5.56 Å². The molecule has 0 bridgehead atoms. The number of anilines is 1. The van der Waals surface area contributed by atoms with E-state index in [0.717, 1.165) is 16.6 Å². The first-order chi connectivity index (χ1) is 14.2. The molecule has 0 fully saturated rings. The third kappa shape index (κ3) is 4.50. The molecule has 4 aromatic rings. The summed E-state index contributed by atoms with van der Waals surface area (Å²) in [6.45, 7) is 0. The Bertz CT molecular complexity index is 1090. The molecule has 1 aromatic heterocycles. The summed E-state index contributed by atoms with van der Waals surface area (Å²) < 4.78 is 0. The van der Waals surface area contributed by atoms with Gasteiger partial charge < -0.3 is 10.3 Å². The molecule has 0 aliphatic carbocycles. The van der Waals surface area contributed by atoms with Gasteiger partial charge in [0.15, 0.2) is 0 Å². The molecule has 2 amide bonds. The molecule has 6 heteroatoms. The zero-order chi connectivity index (χ0) is 20.1.